The van der Waals surface area contributed by atoms with E-state index in [1.165, 1.54) is 0 Å². The van der Waals surface area contributed by atoms with Gasteiger partial charge in [-0.15, -0.1) is 0 Å². The van der Waals surface area contributed by atoms with Crippen LogP contribution in [0.1, 0.15) is 11.1 Å². The van der Waals surface area contributed by atoms with E-state index in [4.69, 9.17) is 11.6 Å². The summed E-state index contributed by atoms with van der Waals surface area (Å²) in [5.74, 6) is -0.441. The van der Waals surface area contributed by atoms with E-state index in [9.17, 15) is 18.0 Å². The molecule has 0 aliphatic heterocycles. The van der Waals surface area contributed by atoms with Gasteiger partial charge >= 0.3 is 6.18 Å². The first kappa shape index (κ1) is 19.0. The minimum Gasteiger partial charge on any atom is -0.324 e. The minimum absolute atomic E-state index is 0.0294. The fourth-order valence-corrected chi connectivity index (χ4v) is 2.79. The molecule has 3 aromatic rings. The highest BCUT2D eigenvalue weighted by atomic mass is 35.5. The fourth-order valence-electron chi connectivity index (χ4n) is 2.62. The third-order valence-electron chi connectivity index (χ3n) is 3.99. The van der Waals surface area contributed by atoms with E-state index in [0.717, 1.165) is 34.9 Å². The van der Waals surface area contributed by atoms with Gasteiger partial charge < -0.3 is 5.32 Å². The van der Waals surface area contributed by atoms with Crippen LogP contribution in [-0.2, 0) is 17.4 Å². The lowest BCUT2D eigenvalue weighted by Crippen LogP contribution is -2.15. The number of carbonyl (C=O) groups excluding carboxylic acids is 1. The van der Waals surface area contributed by atoms with E-state index in [1.54, 1.807) is 0 Å². The lowest BCUT2D eigenvalue weighted by Gasteiger charge is -2.12. The van der Waals surface area contributed by atoms with Crippen LogP contribution in [0, 0.1) is 0 Å². The summed E-state index contributed by atoms with van der Waals surface area (Å²) >= 11 is 5.90. The Bertz CT molecular complexity index is 938. The lowest BCUT2D eigenvalue weighted by molar-refractivity contribution is -0.137. The highest BCUT2D eigenvalue weighted by Gasteiger charge is 2.31. The minimum atomic E-state index is -4.50. The van der Waals surface area contributed by atoms with Gasteiger partial charge in [0.2, 0.25) is 5.91 Å². The number of halogens is 4. The molecule has 1 amide bonds. The van der Waals surface area contributed by atoms with Gasteiger partial charge in [-0.1, -0.05) is 66.2 Å². The number of anilines is 1. The molecular formula is C21H15ClF3NO. The largest absolute Gasteiger partial charge is 0.416 e. The highest BCUT2D eigenvalue weighted by Crippen LogP contribution is 2.33. The van der Waals surface area contributed by atoms with Crippen LogP contribution in [0.5, 0.6) is 0 Å². The van der Waals surface area contributed by atoms with Crippen LogP contribution >= 0.6 is 11.6 Å². The van der Waals surface area contributed by atoms with Crippen molar-refractivity contribution in [3.63, 3.8) is 0 Å². The van der Waals surface area contributed by atoms with E-state index < -0.39 is 17.6 Å². The highest BCUT2D eigenvalue weighted by molar-refractivity contribution is 6.33. The Balaban J connectivity index is 1.69. The van der Waals surface area contributed by atoms with Crippen molar-refractivity contribution in [2.75, 3.05) is 5.32 Å². The molecule has 0 bridgehead atoms. The molecule has 138 valence electrons. The van der Waals surface area contributed by atoms with Crippen molar-refractivity contribution in [2.24, 2.45) is 0 Å². The fraction of sp³-hybridized carbons (Fsp3) is 0.0952. The molecule has 2 nitrogen and oxygen atoms in total. The van der Waals surface area contributed by atoms with Crippen LogP contribution in [0.4, 0.5) is 18.9 Å². The average Bonchev–Trinajstić information content (AvgIpc) is 2.64. The molecule has 0 aliphatic rings. The summed E-state index contributed by atoms with van der Waals surface area (Å²) in [4.78, 5) is 12.2. The maximum atomic E-state index is 12.8. The van der Waals surface area contributed by atoms with Crippen molar-refractivity contribution < 1.29 is 18.0 Å². The van der Waals surface area contributed by atoms with Crippen LogP contribution in [-0.4, -0.2) is 5.91 Å². The average molecular weight is 390 g/mol. The van der Waals surface area contributed by atoms with Crippen LogP contribution in [0.15, 0.2) is 72.8 Å². The lowest BCUT2D eigenvalue weighted by atomic mass is 10.0. The molecule has 0 aromatic heterocycles. The van der Waals surface area contributed by atoms with Crippen molar-refractivity contribution in [3.05, 3.63) is 88.9 Å². The van der Waals surface area contributed by atoms with Gasteiger partial charge in [0.1, 0.15) is 0 Å². The third-order valence-corrected chi connectivity index (χ3v) is 4.32. The van der Waals surface area contributed by atoms with Crippen LogP contribution < -0.4 is 5.32 Å². The first-order valence-corrected chi connectivity index (χ1v) is 8.52. The number of alkyl halides is 3. The molecule has 3 rings (SSSR count). The molecule has 27 heavy (non-hydrogen) atoms. The van der Waals surface area contributed by atoms with Crippen molar-refractivity contribution in [1.29, 1.82) is 0 Å². The molecule has 1 N–H and O–H groups in total. The van der Waals surface area contributed by atoms with Gasteiger partial charge in [-0.05, 0) is 34.9 Å². The first-order valence-electron chi connectivity index (χ1n) is 8.14. The van der Waals surface area contributed by atoms with Gasteiger partial charge in [-0.2, -0.15) is 13.2 Å². The summed E-state index contributed by atoms with van der Waals surface area (Å²) in [5.41, 5.74) is 1.90. The Labute approximate surface area is 159 Å². The van der Waals surface area contributed by atoms with E-state index in [2.05, 4.69) is 5.32 Å². The molecule has 6 heteroatoms. The molecule has 0 radical (unpaired) electrons. The van der Waals surface area contributed by atoms with Gasteiger partial charge in [0, 0.05) is 0 Å². The summed E-state index contributed by atoms with van der Waals surface area (Å²) in [6.07, 6.45) is -4.47. The van der Waals surface area contributed by atoms with Gasteiger partial charge in [-0.3, -0.25) is 4.79 Å². The summed E-state index contributed by atoms with van der Waals surface area (Å²) in [6, 6.07) is 20.0. The molecule has 0 saturated carbocycles. The zero-order chi connectivity index (χ0) is 19.4. The van der Waals surface area contributed by atoms with E-state index in [1.807, 2.05) is 54.6 Å². The predicted molar refractivity (Wildman–Crippen MR) is 101 cm³/mol. The number of amides is 1. The molecule has 0 spiro atoms. The topological polar surface area (TPSA) is 29.1 Å². The van der Waals surface area contributed by atoms with E-state index in [-0.39, 0.29) is 17.1 Å². The zero-order valence-electron chi connectivity index (χ0n) is 14.1. The number of hydrogen-bond donors (Lipinski definition) is 1. The second kappa shape index (κ2) is 7.84. The van der Waals surface area contributed by atoms with E-state index in [0.29, 0.717) is 0 Å². The summed E-state index contributed by atoms with van der Waals surface area (Å²) in [5, 5.41) is 2.50. The molecule has 0 saturated heterocycles. The van der Waals surface area contributed by atoms with Gasteiger partial charge in [-0.25, -0.2) is 0 Å². The Morgan fingerprint density at radius 2 is 1.52 bits per heavy atom. The molecule has 3 aromatic carbocycles. The first-order chi connectivity index (χ1) is 12.8. The number of carbonyl (C=O) groups is 1. The van der Waals surface area contributed by atoms with E-state index >= 15 is 0 Å². The molecule has 0 aliphatic carbocycles. The third kappa shape index (κ3) is 4.89. The molecule has 0 fully saturated rings. The number of rotatable bonds is 4. The summed E-state index contributed by atoms with van der Waals surface area (Å²) in [7, 11) is 0. The standard InChI is InChI=1S/C21H15ClF3NO/c22-18-11-10-17(21(23,24)25)13-19(18)26-20(27)12-14-6-8-16(9-7-14)15-4-2-1-3-5-15/h1-11,13H,12H2,(H,26,27). The molecule has 0 unspecified atom stereocenters. The Morgan fingerprint density at radius 1 is 0.889 bits per heavy atom. The monoisotopic (exact) mass is 389 g/mol. The normalized spacial score (nSPS) is 11.3. The van der Waals surface area contributed by atoms with Crippen molar-refractivity contribution in [1.82, 2.24) is 0 Å². The van der Waals surface area contributed by atoms with Gasteiger partial charge in [0.15, 0.2) is 0 Å². The Kier molecular flexibility index (Phi) is 5.51. The van der Waals surface area contributed by atoms with Crippen LogP contribution in [0.25, 0.3) is 11.1 Å². The van der Waals surface area contributed by atoms with Gasteiger partial charge in [0.25, 0.3) is 0 Å². The summed E-state index contributed by atoms with van der Waals surface area (Å²) in [6.45, 7) is 0. The van der Waals surface area contributed by atoms with Crippen molar-refractivity contribution >= 4 is 23.2 Å². The molecule has 0 atom stereocenters. The second-order valence-electron chi connectivity index (χ2n) is 5.98. The maximum Gasteiger partial charge on any atom is 0.416 e. The number of benzene rings is 3. The van der Waals surface area contributed by atoms with Gasteiger partial charge in [0.05, 0.1) is 22.7 Å². The number of nitrogens with one attached hydrogen (secondary N) is 1. The quantitative estimate of drug-likeness (QED) is 0.565. The number of hydrogen-bond acceptors (Lipinski definition) is 1. The van der Waals surface area contributed by atoms with Crippen molar-refractivity contribution in [2.45, 2.75) is 12.6 Å². The van der Waals surface area contributed by atoms with Crippen LogP contribution in [0.3, 0.4) is 0 Å². The molecular weight excluding hydrogens is 375 g/mol. The second-order valence-corrected chi connectivity index (χ2v) is 6.39. The summed E-state index contributed by atoms with van der Waals surface area (Å²) < 4.78 is 38.4. The smallest absolute Gasteiger partial charge is 0.324 e. The molecule has 0 heterocycles. The Hall–Kier alpha value is -2.79. The van der Waals surface area contributed by atoms with Crippen LogP contribution in [0.2, 0.25) is 5.02 Å². The SMILES string of the molecule is O=C(Cc1ccc(-c2ccccc2)cc1)Nc1cc(C(F)(F)F)ccc1Cl. The zero-order valence-corrected chi connectivity index (χ0v) is 14.8. The predicted octanol–water partition coefficient (Wildman–Crippen LogP) is 6.21. The van der Waals surface area contributed by atoms with Crippen molar-refractivity contribution in [3.8, 4) is 11.1 Å². The maximum absolute atomic E-state index is 12.8. The Morgan fingerprint density at radius 3 is 2.15 bits per heavy atom.